The SMILES string of the molecule is CNC(=O)[C@@H](NC(=O)c1ccc(C2CC2)c(N2CCC(F)(I)C2)c1)C(C)(C)C. The van der Waals surface area contributed by atoms with Crippen molar-refractivity contribution in [2.45, 2.75) is 55.7 Å². The minimum Gasteiger partial charge on any atom is -0.367 e. The van der Waals surface area contributed by atoms with Crippen LogP contribution in [0.5, 0.6) is 0 Å². The Bertz CT molecular complexity index is 771. The number of alkyl halides is 2. The number of carbonyl (C=O) groups excluding carboxylic acids is 2. The van der Waals surface area contributed by atoms with Crippen LogP contribution in [0.25, 0.3) is 0 Å². The molecule has 2 fully saturated rings. The van der Waals surface area contributed by atoms with Crippen molar-refractivity contribution >= 4 is 40.1 Å². The van der Waals surface area contributed by atoms with Gasteiger partial charge in [0.1, 0.15) is 6.04 Å². The van der Waals surface area contributed by atoms with Crippen molar-refractivity contribution in [1.82, 2.24) is 10.6 Å². The minimum absolute atomic E-state index is 0.220. The van der Waals surface area contributed by atoms with Gasteiger partial charge in [-0.05, 0) is 64.5 Å². The predicted molar refractivity (Wildman–Crippen MR) is 118 cm³/mol. The fourth-order valence-electron chi connectivity index (χ4n) is 3.67. The Labute approximate surface area is 180 Å². The molecule has 3 rings (SSSR count). The molecule has 7 heteroatoms. The molecule has 1 heterocycles. The highest BCUT2D eigenvalue weighted by molar-refractivity contribution is 14.1. The lowest BCUT2D eigenvalue weighted by Gasteiger charge is -2.30. The fourth-order valence-corrected chi connectivity index (χ4v) is 4.33. The quantitative estimate of drug-likeness (QED) is 0.477. The molecule has 1 aliphatic carbocycles. The first-order valence-corrected chi connectivity index (χ1v) is 10.9. The van der Waals surface area contributed by atoms with Crippen molar-refractivity contribution in [3.8, 4) is 0 Å². The molecule has 1 unspecified atom stereocenters. The van der Waals surface area contributed by atoms with Gasteiger partial charge in [0.05, 0.1) is 6.54 Å². The van der Waals surface area contributed by atoms with Crippen molar-refractivity contribution in [2.24, 2.45) is 5.41 Å². The second kappa shape index (κ2) is 7.80. The van der Waals surface area contributed by atoms with Crippen LogP contribution in [0.2, 0.25) is 0 Å². The van der Waals surface area contributed by atoms with Gasteiger partial charge in [0.15, 0.2) is 3.68 Å². The average Bonchev–Trinajstić information content (AvgIpc) is 3.40. The summed E-state index contributed by atoms with van der Waals surface area (Å²) < 4.78 is 13.2. The summed E-state index contributed by atoms with van der Waals surface area (Å²) >= 11 is 1.88. The lowest BCUT2D eigenvalue weighted by atomic mass is 9.86. The van der Waals surface area contributed by atoms with E-state index in [4.69, 9.17) is 0 Å². The second-order valence-corrected chi connectivity index (χ2v) is 10.9. The van der Waals surface area contributed by atoms with Crippen LogP contribution < -0.4 is 15.5 Å². The second-order valence-electron chi connectivity index (χ2n) is 8.96. The molecule has 28 heavy (non-hydrogen) atoms. The maximum atomic E-state index is 14.4. The van der Waals surface area contributed by atoms with Gasteiger partial charge in [0.2, 0.25) is 5.91 Å². The van der Waals surface area contributed by atoms with E-state index in [1.54, 1.807) is 7.05 Å². The van der Waals surface area contributed by atoms with E-state index >= 15 is 0 Å². The summed E-state index contributed by atoms with van der Waals surface area (Å²) in [5, 5.41) is 5.50. The van der Waals surface area contributed by atoms with E-state index in [1.165, 1.54) is 5.56 Å². The van der Waals surface area contributed by atoms with Gasteiger partial charge in [-0.1, -0.05) is 26.8 Å². The number of hydrogen-bond acceptors (Lipinski definition) is 3. The number of nitrogens with one attached hydrogen (secondary N) is 2. The molecule has 0 bridgehead atoms. The Morgan fingerprint density at radius 1 is 1.32 bits per heavy atom. The molecule has 1 saturated heterocycles. The zero-order valence-electron chi connectivity index (χ0n) is 16.9. The number of nitrogens with zero attached hydrogens (tertiary/aromatic N) is 1. The number of halogens is 2. The molecule has 2 aliphatic rings. The molecule has 0 aromatic heterocycles. The van der Waals surface area contributed by atoms with E-state index in [0.717, 1.165) is 18.5 Å². The standard InChI is InChI=1S/C21H29FIN3O2/c1-20(2,3)17(19(28)24-4)25-18(27)14-7-8-15(13-5-6-13)16(11-14)26-10-9-21(22,23)12-26/h7-8,11,13,17H,5-6,9-10,12H2,1-4H3,(H,24,28)(H,25,27)/t17-,21?/m1/s1. The molecule has 0 radical (unpaired) electrons. The van der Waals surface area contributed by atoms with Gasteiger partial charge in [-0.2, -0.15) is 0 Å². The Hall–Kier alpha value is -1.38. The van der Waals surface area contributed by atoms with Gasteiger partial charge in [0.25, 0.3) is 5.91 Å². The minimum atomic E-state index is -1.23. The molecular formula is C21H29FIN3O2. The lowest BCUT2D eigenvalue weighted by Crippen LogP contribution is -2.52. The number of carbonyl (C=O) groups is 2. The third-order valence-corrected chi connectivity index (χ3v) is 6.35. The van der Waals surface area contributed by atoms with Crippen LogP contribution in [-0.4, -0.2) is 41.7 Å². The van der Waals surface area contributed by atoms with Crippen LogP contribution in [0.15, 0.2) is 18.2 Å². The highest BCUT2D eigenvalue weighted by Gasteiger charge is 2.38. The number of anilines is 1. The third kappa shape index (κ3) is 4.78. The van der Waals surface area contributed by atoms with Crippen molar-refractivity contribution in [1.29, 1.82) is 0 Å². The van der Waals surface area contributed by atoms with Crippen LogP contribution >= 0.6 is 22.6 Å². The van der Waals surface area contributed by atoms with Crippen LogP contribution in [-0.2, 0) is 4.79 Å². The van der Waals surface area contributed by atoms with Gasteiger partial charge in [-0.25, -0.2) is 4.39 Å². The molecule has 5 nitrogen and oxygen atoms in total. The van der Waals surface area contributed by atoms with E-state index in [1.807, 2.05) is 61.6 Å². The molecular weight excluding hydrogens is 472 g/mol. The monoisotopic (exact) mass is 501 g/mol. The first kappa shape index (κ1) is 21.3. The van der Waals surface area contributed by atoms with Gasteiger partial charge in [0, 0.05) is 31.3 Å². The average molecular weight is 501 g/mol. The van der Waals surface area contributed by atoms with Crippen LogP contribution in [0.4, 0.5) is 10.1 Å². The zero-order chi connectivity index (χ0) is 20.7. The fraction of sp³-hybridized carbons (Fsp3) is 0.619. The van der Waals surface area contributed by atoms with Crippen molar-refractivity contribution < 1.29 is 14.0 Å². The van der Waals surface area contributed by atoms with Crippen LogP contribution in [0.3, 0.4) is 0 Å². The summed E-state index contributed by atoms with van der Waals surface area (Å²) in [7, 11) is 1.57. The number of rotatable bonds is 5. The third-order valence-electron chi connectivity index (χ3n) is 5.47. The molecule has 2 N–H and O–H groups in total. The molecule has 2 amide bonds. The van der Waals surface area contributed by atoms with Gasteiger partial charge in [-0.15, -0.1) is 0 Å². The van der Waals surface area contributed by atoms with E-state index in [0.29, 0.717) is 31.0 Å². The largest absolute Gasteiger partial charge is 0.367 e. The highest BCUT2D eigenvalue weighted by atomic mass is 127. The summed E-state index contributed by atoms with van der Waals surface area (Å²) in [4.78, 5) is 27.2. The van der Waals surface area contributed by atoms with Crippen molar-refractivity contribution in [3.05, 3.63) is 29.3 Å². The topological polar surface area (TPSA) is 61.4 Å². The first-order valence-electron chi connectivity index (χ1n) is 9.81. The maximum Gasteiger partial charge on any atom is 0.252 e. The van der Waals surface area contributed by atoms with E-state index in [9.17, 15) is 14.0 Å². The van der Waals surface area contributed by atoms with Crippen LogP contribution in [0.1, 0.15) is 61.9 Å². The smallest absolute Gasteiger partial charge is 0.252 e. The zero-order valence-corrected chi connectivity index (χ0v) is 19.1. The number of hydrogen-bond donors (Lipinski definition) is 2. The van der Waals surface area contributed by atoms with Gasteiger partial charge >= 0.3 is 0 Å². The van der Waals surface area contributed by atoms with E-state index in [2.05, 4.69) is 15.5 Å². The van der Waals surface area contributed by atoms with E-state index in [-0.39, 0.29) is 11.8 Å². The van der Waals surface area contributed by atoms with Crippen LogP contribution in [0, 0.1) is 5.41 Å². The van der Waals surface area contributed by atoms with Gasteiger partial charge in [-0.3, -0.25) is 9.59 Å². The first-order chi connectivity index (χ1) is 13.0. The summed E-state index contributed by atoms with van der Waals surface area (Å²) in [5.41, 5.74) is 2.24. The molecule has 0 spiro atoms. The number of likely N-dealkylation sites (N-methyl/N-ethyl adjacent to an activating group) is 1. The summed E-state index contributed by atoms with van der Waals surface area (Å²) in [6, 6.07) is 5.04. The predicted octanol–water partition coefficient (Wildman–Crippen LogP) is 3.77. The van der Waals surface area contributed by atoms with Crippen molar-refractivity contribution in [3.63, 3.8) is 0 Å². The van der Waals surface area contributed by atoms with Gasteiger partial charge < -0.3 is 15.5 Å². The molecule has 154 valence electrons. The highest BCUT2D eigenvalue weighted by Crippen LogP contribution is 2.46. The lowest BCUT2D eigenvalue weighted by molar-refractivity contribution is -0.124. The normalized spacial score (nSPS) is 23.4. The molecule has 1 aromatic carbocycles. The molecule has 1 saturated carbocycles. The maximum absolute atomic E-state index is 14.4. The number of amides is 2. The molecule has 1 aromatic rings. The van der Waals surface area contributed by atoms with E-state index < -0.39 is 15.1 Å². The Kier molecular flexibility index (Phi) is 5.94. The molecule has 1 aliphatic heterocycles. The molecule has 2 atom stereocenters. The summed E-state index contributed by atoms with van der Waals surface area (Å²) in [6.45, 7) is 6.73. The Morgan fingerprint density at radius 3 is 2.50 bits per heavy atom. The Morgan fingerprint density at radius 2 is 2.00 bits per heavy atom. The Balaban J connectivity index is 1.87. The summed E-state index contributed by atoms with van der Waals surface area (Å²) in [5.74, 6) is -0.00114. The number of benzene rings is 1. The summed E-state index contributed by atoms with van der Waals surface area (Å²) in [6.07, 6.45) is 2.76. The van der Waals surface area contributed by atoms with Crippen molar-refractivity contribution in [2.75, 3.05) is 25.0 Å².